The highest BCUT2D eigenvalue weighted by Crippen LogP contribution is 2.36. The first-order chi connectivity index (χ1) is 10.4. The summed E-state index contributed by atoms with van der Waals surface area (Å²) in [5.74, 6) is 1.46. The van der Waals surface area contributed by atoms with Crippen LogP contribution in [-0.2, 0) is 0 Å². The van der Waals surface area contributed by atoms with Gasteiger partial charge in [-0.15, -0.1) is 0 Å². The maximum Gasteiger partial charge on any atom is 0.135 e. The zero-order valence-corrected chi connectivity index (χ0v) is 17.3. The molecule has 8 heteroatoms. The smallest absolute Gasteiger partial charge is 0.135 e. The maximum absolute atomic E-state index is 9.54. The van der Waals surface area contributed by atoms with Gasteiger partial charge in [-0.2, -0.15) is 0 Å². The van der Waals surface area contributed by atoms with Crippen molar-refractivity contribution >= 4 is 63.7 Å². The highest BCUT2D eigenvalue weighted by atomic mass is 79.9. The molecule has 2 aromatic carbocycles. The molecule has 2 rings (SSSR count). The van der Waals surface area contributed by atoms with Gasteiger partial charge in [-0.3, -0.25) is 0 Å². The van der Waals surface area contributed by atoms with Crippen molar-refractivity contribution in [1.29, 1.82) is 0 Å². The van der Waals surface area contributed by atoms with Crippen molar-refractivity contribution in [2.75, 3.05) is 13.2 Å². The van der Waals surface area contributed by atoms with Crippen molar-refractivity contribution in [3.63, 3.8) is 0 Å². The second-order valence-electron chi connectivity index (χ2n) is 4.17. The van der Waals surface area contributed by atoms with Crippen LogP contribution < -0.4 is 9.47 Å². The topological polar surface area (TPSA) is 58.9 Å². The third kappa shape index (κ3) is 4.53. The van der Waals surface area contributed by atoms with Gasteiger partial charge in [0.05, 0.1) is 17.9 Å². The van der Waals surface area contributed by atoms with Crippen LogP contribution in [0.15, 0.2) is 42.2 Å². The van der Waals surface area contributed by atoms with Crippen LogP contribution in [0.1, 0.15) is 0 Å². The Morgan fingerprint density at radius 3 is 1.36 bits per heavy atom. The lowest BCUT2D eigenvalue weighted by atomic mass is 10.3. The Kier molecular flexibility index (Phi) is 6.43. The molecule has 0 heterocycles. The molecule has 118 valence electrons. The Bertz CT molecular complexity index is 632. The summed E-state index contributed by atoms with van der Waals surface area (Å²) in [5, 5.41) is 19.1. The highest BCUT2D eigenvalue weighted by Gasteiger charge is 2.09. The van der Waals surface area contributed by atoms with Gasteiger partial charge in [-0.05, 0) is 88.0 Å². The third-order valence-corrected chi connectivity index (χ3v) is 5.11. The van der Waals surface area contributed by atoms with E-state index in [-0.39, 0.29) is 11.5 Å². The molecule has 0 spiro atoms. The van der Waals surface area contributed by atoms with Gasteiger partial charge in [0.15, 0.2) is 0 Å². The zero-order chi connectivity index (χ0) is 16.3. The molecular formula is C14H10Br4O4. The van der Waals surface area contributed by atoms with Gasteiger partial charge in [-0.25, -0.2) is 0 Å². The number of rotatable bonds is 5. The van der Waals surface area contributed by atoms with Crippen molar-refractivity contribution in [3.05, 3.63) is 42.2 Å². The molecule has 0 aliphatic rings. The summed E-state index contributed by atoms with van der Waals surface area (Å²) >= 11 is 13.1. The Labute approximate surface area is 161 Å². The monoisotopic (exact) mass is 558 g/mol. The number of phenolic OH excluding ortho intramolecular Hbond substituents is 2. The van der Waals surface area contributed by atoms with Crippen LogP contribution in [0.3, 0.4) is 0 Å². The van der Waals surface area contributed by atoms with Crippen LogP contribution >= 0.6 is 63.7 Å². The molecule has 0 aliphatic heterocycles. The van der Waals surface area contributed by atoms with E-state index in [4.69, 9.17) is 9.47 Å². The largest absolute Gasteiger partial charge is 0.507 e. The first-order valence-corrected chi connectivity index (χ1v) is 9.17. The summed E-state index contributed by atoms with van der Waals surface area (Å²) in [6.07, 6.45) is 0. The molecule has 2 aromatic rings. The van der Waals surface area contributed by atoms with Crippen molar-refractivity contribution in [1.82, 2.24) is 0 Å². The normalized spacial score (nSPS) is 10.5. The Hall–Kier alpha value is -0.440. The van der Waals surface area contributed by atoms with Crippen LogP contribution in [0.5, 0.6) is 23.0 Å². The number of hydrogen-bond acceptors (Lipinski definition) is 4. The van der Waals surface area contributed by atoms with Gasteiger partial charge >= 0.3 is 0 Å². The van der Waals surface area contributed by atoms with Crippen LogP contribution in [0.2, 0.25) is 0 Å². The number of benzene rings is 2. The second kappa shape index (κ2) is 7.90. The van der Waals surface area contributed by atoms with Crippen molar-refractivity contribution in [2.45, 2.75) is 0 Å². The first kappa shape index (κ1) is 17.9. The number of halogens is 4. The fourth-order valence-electron chi connectivity index (χ4n) is 1.56. The highest BCUT2D eigenvalue weighted by molar-refractivity contribution is 9.11. The van der Waals surface area contributed by atoms with E-state index in [0.29, 0.717) is 42.6 Å². The van der Waals surface area contributed by atoms with Gasteiger partial charge < -0.3 is 19.7 Å². The summed E-state index contributed by atoms with van der Waals surface area (Å²) in [5.41, 5.74) is 0. The van der Waals surface area contributed by atoms with Crippen molar-refractivity contribution in [2.24, 2.45) is 0 Å². The van der Waals surface area contributed by atoms with E-state index >= 15 is 0 Å². The van der Waals surface area contributed by atoms with E-state index in [1.54, 1.807) is 24.3 Å². The lowest BCUT2D eigenvalue weighted by Crippen LogP contribution is -2.09. The van der Waals surface area contributed by atoms with E-state index in [2.05, 4.69) is 63.7 Å². The van der Waals surface area contributed by atoms with Crippen LogP contribution in [-0.4, -0.2) is 23.4 Å². The predicted molar refractivity (Wildman–Crippen MR) is 98.0 cm³/mol. The quantitative estimate of drug-likeness (QED) is 0.466. The first-order valence-electron chi connectivity index (χ1n) is 6.00. The second-order valence-corrected chi connectivity index (χ2v) is 7.58. The molecule has 0 amide bonds. The number of aromatic hydroxyl groups is 2. The standard InChI is InChI=1S/C14H10Br4O4/c15-7-5-13(9(17)3-11(7)19)21-1-2-22-14-6-8(16)12(20)4-10(14)18/h3-6,19-20H,1-2H2. The average Bonchev–Trinajstić information content (AvgIpc) is 2.45. The molecular weight excluding hydrogens is 552 g/mol. The van der Waals surface area contributed by atoms with Gasteiger partial charge in [0, 0.05) is 0 Å². The van der Waals surface area contributed by atoms with Crippen molar-refractivity contribution < 1.29 is 19.7 Å². The minimum atomic E-state index is 0.133. The molecule has 0 aromatic heterocycles. The molecule has 2 N–H and O–H groups in total. The summed E-state index contributed by atoms with van der Waals surface area (Å²) in [4.78, 5) is 0. The molecule has 0 radical (unpaired) electrons. The minimum Gasteiger partial charge on any atom is -0.507 e. The summed E-state index contributed by atoms with van der Waals surface area (Å²) in [6.45, 7) is 0.640. The SMILES string of the molecule is Oc1cc(Br)c(OCCOc2cc(Br)c(O)cc2Br)cc1Br. The van der Waals surface area contributed by atoms with Gasteiger partial charge in [-0.1, -0.05) is 0 Å². The summed E-state index contributed by atoms with van der Waals surface area (Å²) in [6, 6.07) is 6.45. The summed E-state index contributed by atoms with van der Waals surface area (Å²) in [7, 11) is 0. The molecule has 0 aliphatic carbocycles. The fourth-order valence-corrected chi connectivity index (χ4v) is 3.10. The van der Waals surface area contributed by atoms with E-state index in [1.165, 1.54) is 0 Å². The van der Waals surface area contributed by atoms with Crippen LogP contribution in [0.25, 0.3) is 0 Å². The van der Waals surface area contributed by atoms with Gasteiger partial charge in [0.1, 0.15) is 36.2 Å². The molecule has 0 unspecified atom stereocenters. The van der Waals surface area contributed by atoms with Gasteiger partial charge in [0.25, 0.3) is 0 Å². The molecule has 0 bridgehead atoms. The molecule has 22 heavy (non-hydrogen) atoms. The third-order valence-electron chi connectivity index (χ3n) is 2.60. The molecule has 0 fully saturated rings. The molecule has 0 saturated heterocycles. The molecule has 0 saturated carbocycles. The number of ether oxygens (including phenoxy) is 2. The number of hydrogen-bond donors (Lipinski definition) is 2. The summed E-state index contributed by atoms with van der Waals surface area (Å²) < 4.78 is 13.6. The van der Waals surface area contributed by atoms with E-state index in [1.807, 2.05) is 0 Å². The van der Waals surface area contributed by atoms with E-state index in [9.17, 15) is 10.2 Å². The zero-order valence-electron chi connectivity index (χ0n) is 10.9. The molecule has 0 atom stereocenters. The van der Waals surface area contributed by atoms with Crippen LogP contribution in [0.4, 0.5) is 0 Å². The lowest BCUT2D eigenvalue weighted by molar-refractivity contribution is 0.215. The minimum absolute atomic E-state index is 0.133. The Balaban J connectivity index is 1.93. The average molecular weight is 562 g/mol. The maximum atomic E-state index is 9.54. The van der Waals surface area contributed by atoms with E-state index in [0.717, 1.165) is 0 Å². The molecule has 4 nitrogen and oxygen atoms in total. The fraction of sp³-hybridized carbons (Fsp3) is 0.143. The van der Waals surface area contributed by atoms with E-state index < -0.39 is 0 Å². The van der Waals surface area contributed by atoms with Gasteiger partial charge in [0.2, 0.25) is 0 Å². The predicted octanol–water partition coefficient (Wildman–Crippen LogP) is 5.61. The van der Waals surface area contributed by atoms with Crippen molar-refractivity contribution in [3.8, 4) is 23.0 Å². The van der Waals surface area contributed by atoms with Crippen LogP contribution in [0, 0.1) is 0 Å². The number of phenols is 2. The Morgan fingerprint density at radius 2 is 1.00 bits per heavy atom. The Morgan fingerprint density at radius 1 is 0.636 bits per heavy atom. The lowest BCUT2D eigenvalue weighted by Gasteiger charge is -2.12.